The van der Waals surface area contributed by atoms with Crippen molar-refractivity contribution in [3.05, 3.63) is 53.4 Å². The molecule has 0 heterocycles. The molecule has 0 aliphatic heterocycles. The van der Waals surface area contributed by atoms with E-state index in [1.807, 2.05) is 6.07 Å². The maximum Gasteiger partial charge on any atom is 0.207 e. The molecule has 0 saturated carbocycles. The Morgan fingerprint density at radius 3 is 2.83 bits per heavy atom. The van der Waals surface area contributed by atoms with Gasteiger partial charge in [0.1, 0.15) is 17.9 Å². The summed E-state index contributed by atoms with van der Waals surface area (Å²) in [5.41, 5.74) is 1.37. The van der Waals surface area contributed by atoms with Gasteiger partial charge in [-0.05, 0) is 42.5 Å². The molecule has 128 valence electrons. The summed E-state index contributed by atoms with van der Waals surface area (Å²) >= 11 is 1.74. The lowest BCUT2D eigenvalue weighted by Gasteiger charge is -2.18. The third-order valence-corrected chi connectivity index (χ3v) is 3.89. The number of carbonyl (C=O) groups is 2. The van der Waals surface area contributed by atoms with Gasteiger partial charge in [-0.3, -0.25) is 9.59 Å². The highest BCUT2D eigenvalue weighted by Crippen LogP contribution is 2.29. The minimum atomic E-state index is -0.637. The van der Waals surface area contributed by atoms with Crippen LogP contribution in [0.4, 0.5) is 4.39 Å². The molecule has 7 heteroatoms. The Balaban J connectivity index is 2.97. The Labute approximate surface area is 154 Å². The number of benzene rings is 1. The number of aldehydes is 1. The Bertz CT molecular complexity index is 632. The van der Waals surface area contributed by atoms with Crippen LogP contribution in [0.25, 0.3) is 0 Å². The van der Waals surface area contributed by atoms with E-state index in [9.17, 15) is 14.0 Å². The molecule has 0 bridgehead atoms. The van der Waals surface area contributed by atoms with Crippen LogP contribution in [-0.4, -0.2) is 25.5 Å². The van der Waals surface area contributed by atoms with Gasteiger partial charge < -0.3 is 13.8 Å². The molecule has 2 N–H and O–H groups in total. The fraction of sp³-hybridized carbons (Fsp3) is 0.235. The zero-order valence-corrected chi connectivity index (χ0v) is 15.0. The van der Waals surface area contributed by atoms with Gasteiger partial charge in [0.2, 0.25) is 6.41 Å². The Kier molecular flexibility index (Phi) is 9.59. The molecule has 5 nitrogen and oxygen atoms in total. The third-order valence-electron chi connectivity index (χ3n) is 3.38. The predicted molar refractivity (Wildman–Crippen MR) is 99.6 cm³/mol. The van der Waals surface area contributed by atoms with Crippen LogP contribution >= 0.6 is 23.0 Å². The maximum absolute atomic E-state index is 12.9. The third kappa shape index (κ3) is 6.61. The molecule has 1 aromatic carbocycles. The van der Waals surface area contributed by atoms with E-state index in [-0.39, 0.29) is 5.92 Å². The Morgan fingerprint density at radius 1 is 1.42 bits per heavy atom. The van der Waals surface area contributed by atoms with Crippen LogP contribution in [0.15, 0.2) is 42.3 Å². The summed E-state index contributed by atoms with van der Waals surface area (Å²) in [6.45, 7) is 0.468. The van der Waals surface area contributed by atoms with Crippen molar-refractivity contribution in [2.75, 3.05) is 6.54 Å². The van der Waals surface area contributed by atoms with Crippen LogP contribution in [0.3, 0.4) is 0 Å². The molecular formula is C17H18FIN2O3. The van der Waals surface area contributed by atoms with E-state index in [0.717, 1.165) is 11.8 Å². The van der Waals surface area contributed by atoms with E-state index in [4.69, 9.17) is 8.48 Å². The summed E-state index contributed by atoms with van der Waals surface area (Å²) in [4.78, 5) is 21.8. The minimum Gasteiger partial charge on any atom is -0.428 e. The molecule has 24 heavy (non-hydrogen) atoms. The van der Waals surface area contributed by atoms with Crippen LogP contribution in [0.2, 0.25) is 0 Å². The molecular weight excluding hydrogens is 426 g/mol. The first-order valence-corrected chi connectivity index (χ1v) is 8.11. The molecule has 1 aromatic rings. The first-order valence-electron chi connectivity index (χ1n) is 7.23. The highest BCUT2D eigenvalue weighted by molar-refractivity contribution is 14.1. The summed E-state index contributed by atoms with van der Waals surface area (Å²) in [6, 6.07) is 5.26. The number of hydrogen-bond donors (Lipinski definition) is 2. The lowest BCUT2D eigenvalue weighted by molar-refractivity contribution is -0.109. The SMILES string of the molecule is N=C/C(F)=C\C=C\CC(CCNC=O)c1ccc(OI)cc1C=O. The summed E-state index contributed by atoms with van der Waals surface area (Å²) in [7, 11) is 0. The van der Waals surface area contributed by atoms with Gasteiger partial charge in [0.05, 0.1) is 6.21 Å². The van der Waals surface area contributed by atoms with Crippen LogP contribution < -0.4 is 8.38 Å². The largest absolute Gasteiger partial charge is 0.428 e. The summed E-state index contributed by atoms with van der Waals surface area (Å²) < 4.78 is 18.0. The number of hydrogen-bond acceptors (Lipinski definition) is 4. The van der Waals surface area contributed by atoms with Crippen molar-refractivity contribution in [2.45, 2.75) is 18.8 Å². The van der Waals surface area contributed by atoms with Crippen molar-refractivity contribution in [1.29, 1.82) is 5.41 Å². The highest BCUT2D eigenvalue weighted by atomic mass is 127. The summed E-state index contributed by atoms with van der Waals surface area (Å²) in [6.07, 6.45) is 7.72. The number of carbonyl (C=O) groups excluding carboxylic acids is 2. The average molecular weight is 444 g/mol. The molecule has 1 atom stereocenters. The topological polar surface area (TPSA) is 79.2 Å². The molecule has 0 fully saturated rings. The van der Waals surface area contributed by atoms with Crippen LogP contribution in [0.1, 0.15) is 34.7 Å². The van der Waals surface area contributed by atoms with Crippen LogP contribution in [0.5, 0.6) is 5.75 Å². The Morgan fingerprint density at radius 2 is 2.21 bits per heavy atom. The van der Waals surface area contributed by atoms with E-state index >= 15 is 0 Å². The quantitative estimate of drug-likeness (QED) is 0.179. The van der Waals surface area contributed by atoms with Gasteiger partial charge in [-0.2, -0.15) is 0 Å². The van der Waals surface area contributed by atoms with E-state index in [1.165, 1.54) is 12.2 Å². The number of allylic oxidation sites excluding steroid dienone is 4. The molecule has 0 radical (unpaired) electrons. The first kappa shape index (κ1) is 20.0. The molecule has 0 spiro atoms. The summed E-state index contributed by atoms with van der Waals surface area (Å²) in [5, 5.41) is 9.38. The van der Waals surface area contributed by atoms with Crippen molar-refractivity contribution in [2.24, 2.45) is 0 Å². The molecule has 0 saturated heterocycles. The number of nitrogens with one attached hydrogen (secondary N) is 2. The second-order valence-corrected chi connectivity index (χ2v) is 5.34. The van der Waals surface area contributed by atoms with E-state index < -0.39 is 5.83 Å². The van der Waals surface area contributed by atoms with Gasteiger partial charge in [-0.1, -0.05) is 18.2 Å². The van der Waals surface area contributed by atoms with E-state index in [1.54, 1.807) is 41.2 Å². The first-order chi connectivity index (χ1) is 11.7. The van der Waals surface area contributed by atoms with Crippen molar-refractivity contribution in [3.8, 4) is 5.75 Å². The van der Waals surface area contributed by atoms with Crippen LogP contribution in [0, 0.1) is 5.41 Å². The predicted octanol–water partition coefficient (Wildman–Crippen LogP) is 3.90. The van der Waals surface area contributed by atoms with Gasteiger partial charge in [0.25, 0.3) is 0 Å². The van der Waals surface area contributed by atoms with Gasteiger partial charge in [-0.15, -0.1) is 0 Å². The standard InChI is InChI=1S/C17H18FIN2O3/c18-15(10-20)4-2-1-3-13(7-8-21-12-23)17-6-5-16(24-19)9-14(17)11-22/h1-2,4-6,9-13,20H,3,7-8H2,(H,21,23)/b2-1+,15-4+,20-10?. The normalized spacial score (nSPS) is 12.7. The molecule has 0 aliphatic rings. The zero-order valence-electron chi connectivity index (χ0n) is 12.9. The molecule has 0 aromatic heterocycles. The minimum absolute atomic E-state index is 0.0198. The van der Waals surface area contributed by atoms with Gasteiger partial charge in [0, 0.05) is 12.1 Å². The Hall–Kier alpha value is -2.03. The molecule has 1 unspecified atom stereocenters. The molecule has 1 amide bonds. The maximum atomic E-state index is 12.9. The van der Waals surface area contributed by atoms with Crippen molar-refractivity contribution in [1.82, 2.24) is 5.32 Å². The number of halogens is 2. The van der Waals surface area contributed by atoms with Crippen molar-refractivity contribution < 1.29 is 17.0 Å². The second kappa shape index (κ2) is 11.5. The zero-order chi connectivity index (χ0) is 17.8. The van der Waals surface area contributed by atoms with Crippen molar-refractivity contribution >= 4 is 41.9 Å². The lowest BCUT2D eigenvalue weighted by Crippen LogP contribution is -2.16. The van der Waals surface area contributed by atoms with Crippen molar-refractivity contribution in [3.63, 3.8) is 0 Å². The highest BCUT2D eigenvalue weighted by Gasteiger charge is 2.15. The second-order valence-electron chi connectivity index (χ2n) is 4.90. The number of amides is 1. The fourth-order valence-corrected chi connectivity index (χ4v) is 2.52. The smallest absolute Gasteiger partial charge is 0.207 e. The van der Waals surface area contributed by atoms with Gasteiger partial charge in [0.15, 0.2) is 23.0 Å². The van der Waals surface area contributed by atoms with E-state index in [2.05, 4.69) is 5.32 Å². The van der Waals surface area contributed by atoms with Crippen LogP contribution in [-0.2, 0) is 4.79 Å². The van der Waals surface area contributed by atoms with Gasteiger partial charge in [-0.25, -0.2) is 4.39 Å². The fourth-order valence-electron chi connectivity index (χ4n) is 2.24. The number of rotatable bonds is 11. The van der Waals surface area contributed by atoms with E-state index in [0.29, 0.717) is 43.3 Å². The monoisotopic (exact) mass is 444 g/mol. The lowest BCUT2D eigenvalue weighted by atomic mass is 9.89. The molecule has 0 aliphatic carbocycles. The van der Waals surface area contributed by atoms with Gasteiger partial charge >= 0.3 is 0 Å². The average Bonchev–Trinajstić information content (AvgIpc) is 2.62. The summed E-state index contributed by atoms with van der Waals surface area (Å²) in [5.74, 6) is -0.0751. The molecule has 1 rings (SSSR count).